The molecule has 0 saturated heterocycles. The highest BCUT2D eigenvalue weighted by atomic mass is 19.1. The Morgan fingerprint density at radius 2 is 1.89 bits per heavy atom. The molecule has 0 fully saturated rings. The van der Waals surface area contributed by atoms with Gasteiger partial charge in [0.1, 0.15) is 5.82 Å². The molecule has 0 aliphatic rings. The molecule has 4 heteroatoms. The van der Waals surface area contributed by atoms with Crippen LogP contribution in [0.2, 0.25) is 0 Å². The number of anilines is 1. The molecule has 2 N–H and O–H groups in total. The maximum Gasteiger partial charge on any atom is 0.146 e. The Morgan fingerprint density at radius 1 is 1.22 bits per heavy atom. The zero-order valence-corrected chi connectivity index (χ0v) is 10.1. The molecule has 1 aromatic heterocycles. The van der Waals surface area contributed by atoms with Gasteiger partial charge in [0.25, 0.3) is 0 Å². The summed E-state index contributed by atoms with van der Waals surface area (Å²) in [6, 6.07) is 9.99. The van der Waals surface area contributed by atoms with Crippen molar-refractivity contribution in [3.05, 3.63) is 60.2 Å². The van der Waals surface area contributed by atoms with E-state index in [0.29, 0.717) is 5.69 Å². The first-order valence-electron chi connectivity index (χ1n) is 5.70. The van der Waals surface area contributed by atoms with E-state index in [1.807, 2.05) is 6.92 Å². The second kappa shape index (κ2) is 5.14. The van der Waals surface area contributed by atoms with Crippen LogP contribution in [0.25, 0.3) is 0 Å². The van der Waals surface area contributed by atoms with Crippen molar-refractivity contribution in [2.45, 2.75) is 12.5 Å². The van der Waals surface area contributed by atoms with Gasteiger partial charge in [-0.3, -0.25) is 4.98 Å². The molecular weight excluding hydrogens is 231 g/mol. The SMILES string of the molecule is CC(CO)(Nc1ccccc1F)c1ccncc1. The van der Waals surface area contributed by atoms with Crippen LogP contribution in [0.1, 0.15) is 12.5 Å². The van der Waals surface area contributed by atoms with Gasteiger partial charge in [0.2, 0.25) is 0 Å². The fraction of sp³-hybridized carbons (Fsp3) is 0.214. The van der Waals surface area contributed by atoms with E-state index in [4.69, 9.17) is 0 Å². The summed E-state index contributed by atoms with van der Waals surface area (Å²) in [5, 5.41) is 12.6. The van der Waals surface area contributed by atoms with Crippen LogP contribution in [0.3, 0.4) is 0 Å². The Labute approximate surface area is 105 Å². The number of hydrogen-bond donors (Lipinski definition) is 2. The van der Waals surface area contributed by atoms with Crippen LogP contribution in [0.5, 0.6) is 0 Å². The molecule has 2 aromatic rings. The van der Waals surface area contributed by atoms with Gasteiger partial charge < -0.3 is 10.4 Å². The molecule has 18 heavy (non-hydrogen) atoms. The third kappa shape index (κ3) is 2.49. The number of benzene rings is 1. The lowest BCUT2D eigenvalue weighted by Crippen LogP contribution is -2.36. The van der Waals surface area contributed by atoms with Crippen LogP contribution in [0, 0.1) is 5.82 Å². The Morgan fingerprint density at radius 3 is 2.50 bits per heavy atom. The van der Waals surface area contributed by atoms with Gasteiger partial charge in [-0.15, -0.1) is 0 Å². The van der Waals surface area contributed by atoms with Gasteiger partial charge in [-0.05, 0) is 36.8 Å². The summed E-state index contributed by atoms with van der Waals surface area (Å²) in [5.74, 6) is -0.341. The standard InChI is InChI=1S/C14H15FN2O/c1-14(10-18,11-6-8-16-9-7-11)17-13-5-3-2-4-12(13)15/h2-9,17-18H,10H2,1H3. The summed E-state index contributed by atoms with van der Waals surface area (Å²) in [7, 11) is 0. The van der Waals surface area contributed by atoms with Crippen LogP contribution >= 0.6 is 0 Å². The van der Waals surface area contributed by atoms with Gasteiger partial charge in [-0.25, -0.2) is 4.39 Å². The molecule has 0 spiro atoms. The minimum absolute atomic E-state index is 0.147. The van der Waals surface area contributed by atoms with Gasteiger partial charge >= 0.3 is 0 Å². The largest absolute Gasteiger partial charge is 0.394 e. The molecule has 2 rings (SSSR count). The summed E-state index contributed by atoms with van der Waals surface area (Å²) in [6.07, 6.45) is 3.29. The van der Waals surface area contributed by atoms with Crippen molar-refractivity contribution in [3.63, 3.8) is 0 Å². The zero-order chi connectivity index (χ0) is 13.0. The molecule has 0 saturated carbocycles. The third-order valence-electron chi connectivity index (χ3n) is 2.92. The maximum atomic E-state index is 13.6. The van der Waals surface area contributed by atoms with Gasteiger partial charge in [-0.1, -0.05) is 12.1 Å². The average Bonchev–Trinajstić information content (AvgIpc) is 2.42. The number of rotatable bonds is 4. The van der Waals surface area contributed by atoms with Crippen LogP contribution in [-0.4, -0.2) is 16.7 Å². The zero-order valence-electron chi connectivity index (χ0n) is 10.1. The second-order valence-electron chi connectivity index (χ2n) is 4.33. The molecule has 1 unspecified atom stereocenters. The molecule has 1 heterocycles. The van der Waals surface area contributed by atoms with Crippen LogP contribution < -0.4 is 5.32 Å². The third-order valence-corrected chi connectivity index (χ3v) is 2.92. The predicted molar refractivity (Wildman–Crippen MR) is 68.7 cm³/mol. The molecule has 0 bridgehead atoms. The lowest BCUT2D eigenvalue weighted by molar-refractivity contribution is 0.223. The number of para-hydroxylation sites is 1. The van der Waals surface area contributed by atoms with Gasteiger partial charge in [-0.2, -0.15) is 0 Å². The molecule has 0 radical (unpaired) electrons. The number of pyridine rings is 1. The number of hydrogen-bond acceptors (Lipinski definition) is 3. The highest BCUT2D eigenvalue weighted by Crippen LogP contribution is 2.26. The topological polar surface area (TPSA) is 45.1 Å². The van der Waals surface area contributed by atoms with Crippen LogP contribution in [-0.2, 0) is 5.54 Å². The average molecular weight is 246 g/mol. The van der Waals surface area contributed by atoms with E-state index in [-0.39, 0.29) is 12.4 Å². The number of nitrogens with zero attached hydrogens (tertiary/aromatic N) is 1. The van der Waals surface area contributed by atoms with Crippen molar-refractivity contribution in [2.24, 2.45) is 0 Å². The van der Waals surface area contributed by atoms with E-state index >= 15 is 0 Å². The summed E-state index contributed by atoms with van der Waals surface area (Å²) in [6.45, 7) is 1.67. The minimum Gasteiger partial charge on any atom is -0.394 e. The highest BCUT2D eigenvalue weighted by molar-refractivity contribution is 5.48. The van der Waals surface area contributed by atoms with E-state index in [1.165, 1.54) is 6.07 Å². The highest BCUT2D eigenvalue weighted by Gasteiger charge is 2.26. The molecule has 3 nitrogen and oxygen atoms in total. The summed E-state index contributed by atoms with van der Waals surface area (Å²) < 4.78 is 13.6. The Kier molecular flexibility index (Phi) is 3.58. The van der Waals surface area contributed by atoms with E-state index in [0.717, 1.165) is 5.56 Å². The number of halogens is 1. The van der Waals surface area contributed by atoms with Crippen molar-refractivity contribution in [3.8, 4) is 0 Å². The van der Waals surface area contributed by atoms with E-state index in [9.17, 15) is 9.50 Å². The fourth-order valence-electron chi connectivity index (χ4n) is 1.78. The van der Waals surface area contributed by atoms with Gasteiger partial charge in [0.05, 0.1) is 17.8 Å². The lowest BCUT2D eigenvalue weighted by Gasteiger charge is -2.30. The predicted octanol–water partition coefficient (Wildman–Crippen LogP) is 2.54. The van der Waals surface area contributed by atoms with Gasteiger partial charge in [0, 0.05) is 12.4 Å². The van der Waals surface area contributed by atoms with Crippen molar-refractivity contribution >= 4 is 5.69 Å². The van der Waals surface area contributed by atoms with Crippen molar-refractivity contribution < 1.29 is 9.50 Å². The van der Waals surface area contributed by atoms with Gasteiger partial charge in [0.15, 0.2) is 0 Å². The smallest absolute Gasteiger partial charge is 0.146 e. The Bertz CT molecular complexity index is 518. The molecule has 0 amide bonds. The lowest BCUT2D eigenvalue weighted by atomic mass is 9.93. The van der Waals surface area contributed by atoms with E-state index in [1.54, 1.807) is 42.7 Å². The van der Waals surface area contributed by atoms with Crippen LogP contribution in [0.4, 0.5) is 10.1 Å². The summed E-state index contributed by atoms with van der Waals surface area (Å²) in [4.78, 5) is 3.93. The molecule has 1 atom stereocenters. The second-order valence-corrected chi connectivity index (χ2v) is 4.33. The molecule has 94 valence electrons. The normalized spacial score (nSPS) is 13.9. The molecule has 0 aliphatic heterocycles. The minimum atomic E-state index is -0.745. The summed E-state index contributed by atoms with van der Waals surface area (Å²) in [5.41, 5.74) is 0.472. The van der Waals surface area contributed by atoms with Crippen molar-refractivity contribution in [2.75, 3.05) is 11.9 Å². The van der Waals surface area contributed by atoms with E-state index in [2.05, 4.69) is 10.3 Å². The first-order valence-corrected chi connectivity index (χ1v) is 5.70. The number of aliphatic hydroxyl groups is 1. The fourth-order valence-corrected chi connectivity index (χ4v) is 1.78. The maximum absolute atomic E-state index is 13.6. The number of nitrogens with one attached hydrogen (secondary N) is 1. The molecular formula is C14H15FN2O. The van der Waals surface area contributed by atoms with Crippen molar-refractivity contribution in [1.29, 1.82) is 0 Å². The summed E-state index contributed by atoms with van der Waals surface area (Å²) >= 11 is 0. The first-order chi connectivity index (χ1) is 8.65. The Hall–Kier alpha value is -1.94. The quantitative estimate of drug-likeness (QED) is 0.871. The van der Waals surface area contributed by atoms with Crippen molar-refractivity contribution in [1.82, 2.24) is 4.98 Å². The first kappa shape index (κ1) is 12.5. The van der Waals surface area contributed by atoms with E-state index < -0.39 is 5.54 Å². The monoisotopic (exact) mass is 246 g/mol. The number of aromatic nitrogens is 1. The molecule has 0 aliphatic carbocycles. The Balaban J connectivity index is 2.32. The van der Waals surface area contributed by atoms with Crippen LogP contribution in [0.15, 0.2) is 48.8 Å². The number of aliphatic hydroxyl groups excluding tert-OH is 1. The molecule has 1 aromatic carbocycles.